The highest BCUT2D eigenvalue weighted by atomic mass is 32.2. The van der Waals surface area contributed by atoms with Crippen LogP contribution in [0.25, 0.3) is 0 Å². The number of thioether (sulfide) groups is 2. The predicted octanol–water partition coefficient (Wildman–Crippen LogP) is 0.550. The molecule has 0 radical (unpaired) electrons. The average Bonchev–Trinajstić information content (AvgIpc) is 2.53. The number of methoxy groups -OCH3 is 2. The maximum absolute atomic E-state index is 11.0. The van der Waals surface area contributed by atoms with Crippen molar-refractivity contribution in [1.29, 1.82) is 0 Å². The third kappa shape index (κ3) is 9.23. The Morgan fingerprint density at radius 3 is 1.57 bits per heavy atom. The molecular weight excluding hydrogens is 316 g/mol. The van der Waals surface area contributed by atoms with Crippen molar-refractivity contribution in [2.45, 2.75) is 12.8 Å². The molecule has 0 saturated heterocycles. The van der Waals surface area contributed by atoms with E-state index < -0.39 is 5.41 Å². The fourth-order valence-electron chi connectivity index (χ4n) is 1.37. The first-order chi connectivity index (χ1) is 10.0. The third-order valence-corrected chi connectivity index (χ3v) is 5.46. The van der Waals surface area contributed by atoms with Crippen LogP contribution in [-0.2, 0) is 19.1 Å². The highest BCUT2D eigenvalue weighted by molar-refractivity contribution is 8.00. The molecule has 0 aliphatic rings. The average molecular weight is 340 g/mol. The fourth-order valence-corrected chi connectivity index (χ4v) is 3.84. The van der Waals surface area contributed by atoms with Gasteiger partial charge in [-0.1, -0.05) is 0 Å². The highest BCUT2D eigenvalue weighted by Gasteiger charge is 2.28. The number of esters is 2. The Morgan fingerprint density at radius 2 is 1.29 bits per heavy atom. The van der Waals surface area contributed by atoms with Crippen LogP contribution in [-0.4, -0.2) is 72.6 Å². The summed E-state index contributed by atoms with van der Waals surface area (Å²) in [6, 6.07) is 0. The molecule has 0 spiro atoms. The van der Waals surface area contributed by atoms with Crippen LogP contribution in [0.5, 0.6) is 0 Å². The SMILES string of the molecule is COC(=O)CCSCC(CO)(CO)CSCCC(=O)OC. The number of aliphatic hydroxyl groups excluding tert-OH is 2. The van der Waals surface area contributed by atoms with E-state index in [9.17, 15) is 19.8 Å². The summed E-state index contributed by atoms with van der Waals surface area (Å²) in [5.74, 6) is 1.72. The lowest BCUT2D eigenvalue weighted by atomic mass is 9.96. The van der Waals surface area contributed by atoms with Crippen molar-refractivity contribution in [3.8, 4) is 0 Å². The number of rotatable bonds is 12. The number of hydrogen-bond acceptors (Lipinski definition) is 8. The van der Waals surface area contributed by atoms with Gasteiger partial charge in [0.05, 0.1) is 40.3 Å². The van der Waals surface area contributed by atoms with Gasteiger partial charge in [-0.3, -0.25) is 9.59 Å². The number of hydrogen-bond donors (Lipinski definition) is 2. The summed E-state index contributed by atoms with van der Waals surface area (Å²) >= 11 is 2.99. The molecule has 0 amide bonds. The Kier molecular flexibility index (Phi) is 11.9. The smallest absolute Gasteiger partial charge is 0.306 e. The predicted molar refractivity (Wildman–Crippen MR) is 84.5 cm³/mol. The molecule has 0 bridgehead atoms. The summed E-state index contributed by atoms with van der Waals surface area (Å²) < 4.78 is 9.10. The Hall–Kier alpha value is -0.440. The van der Waals surface area contributed by atoms with Crippen LogP contribution in [0.15, 0.2) is 0 Å². The van der Waals surface area contributed by atoms with Crippen molar-refractivity contribution >= 4 is 35.5 Å². The van der Waals surface area contributed by atoms with E-state index in [2.05, 4.69) is 9.47 Å². The second kappa shape index (κ2) is 12.1. The Labute approximate surface area is 134 Å². The van der Waals surface area contributed by atoms with Gasteiger partial charge in [0, 0.05) is 28.4 Å². The van der Waals surface area contributed by atoms with Crippen molar-refractivity contribution in [2.75, 3.05) is 50.4 Å². The van der Waals surface area contributed by atoms with E-state index in [0.29, 0.717) is 35.9 Å². The largest absolute Gasteiger partial charge is 0.469 e. The van der Waals surface area contributed by atoms with E-state index in [4.69, 9.17) is 0 Å². The zero-order valence-electron chi connectivity index (χ0n) is 12.5. The van der Waals surface area contributed by atoms with Crippen LogP contribution in [0.2, 0.25) is 0 Å². The summed E-state index contributed by atoms with van der Waals surface area (Å²) in [6.07, 6.45) is 0.618. The first kappa shape index (κ1) is 20.6. The molecule has 0 aromatic carbocycles. The minimum absolute atomic E-state index is 0.139. The molecule has 0 unspecified atom stereocenters. The number of ether oxygens (including phenoxy) is 2. The first-order valence-corrected chi connectivity index (χ1v) is 8.85. The monoisotopic (exact) mass is 340 g/mol. The zero-order chi connectivity index (χ0) is 16.1. The molecule has 6 nitrogen and oxygen atoms in total. The summed E-state index contributed by atoms with van der Waals surface area (Å²) in [4.78, 5) is 22.0. The molecule has 0 aliphatic carbocycles. The lowest BCUT2D eigenvalue weighted by Crippen LogP contribution is -2.35. The molecule has 0 fully saturated rings. The molecule has 0 aromatic rings. The van der Waals surface area contributed by atoms with Gasteiger partial charge in [0.25, 0.3) is 0 Å². The minimum Gasteiger partial charge on any atom is -0.469 e. The van der Waals surface area contributed by atoms with Crippen molar-refractivity contribution in [3.63, 3.8) is 0 Å². The van der Waals surface area contributed by atoms with Crippen LogP contribution in [0.1, 0.15) is 12.8 Å². The molecule has 0 atom stereocenters. The first-order valence-electron chi connectivity index (χ1n) is 6.54. The van der Waals surface area contributed by atoms with E-state index >= 15 is 0 Å². The maximum Gasteiger partial charge on any atom is 0.306 e. The standard InChI is InChI=1S/C13H24O6S2/c1-18-11(16)3-5-20-9-13(7-14,8-15)10-21-6-4-12(17)19-2/h14-15H,3-10H2,1-2H3. The second-order valence-corrected chi connectivity index (χ2v) is 6.78. The molecule has 124 valence electrons. The molecule has 0 heterocycles. The summed E-state index contributed by atoms with van der Waals surface area (Å²) in [6.45, 7) is -0.278. The number of carbonyl (C=O) groups is 2. The zero-order valence-corrected chi connectivity index (χ0v) is 14.1. The third-order valence-electron chi connectivity index (χ3n) is 2.84. The highest BCUT2D eigenvalue weighted by Crippen LogP contribution is 2.27. The lowest BCUT2D eigenvalue weighted by molar-refractivity contribution is -0.140. The second-order valence-electron chi connectivity index (χ2n) is 4.57. The van der Waals surface area contributed by atoms with Crippen molar-refractivity contribution < 1.29 is 29.3 Å². The normalized spacial score (nSPS) is 11.2. The van der Waals surface area contributed by atoms with E-state index in [1.165, 1.54) is 37.7 Å². The topological polar surface area (TPSA) is 93.1 Å². The molecule has 21 heavy (non-hydrogen) atoms. The summed E-state index contributed by atoms with van der Waals surface area (Å²) in [5, 5.41) is 19.0. The van der Waals surface area contributed by atoms with Gasteiger partial charge in [0.1, 0.15) is 0 Å². The van der Waals surface area contributed by atoms with Gasteiger partial charge in [-0.15, -0.1) is 0 Å². The van der Waals surface area contributed by atoms with Gasteiger partial charge in [-0.25, -0.2) is 0 Å². The number of aliphatic hydroxyl groups is 2. The van der Waals surface area contributed by atoms with Crippen LogP contribution in [0.3, 0.4) is 0 Å². The van der Waals surface area contributed by atoms with Crippen molar-refractivity contribution in [1.82, 2.24) is 0 Å². The molecule has 0 saturated carbocycles. The van der Waals surface area contributed by atoms with Gasteiger partial charge < -0.3 is 19.7 Å². The van der Waals surface area contributed by atoms with Crippen molar-refractivity contribution in [2.24, 2.45) is 5.41 Å². The molecule has 0 aromatic heterocycles. The molecular formula is C13H24O6S2. The van der Waals surface area contributed by atoms with E-state index in [1.807, 2.05) is 0 Å². The number of carbonyl (C=O) groups excluding carboxylic acids is 2. The fraction of sp³-hybridized carbons (Fsp3) is 0.846. The van der Waals surface area contributed by atoms with Crippen LogP contribution >= 0.6 is 23.5 Å². The molecule has 0 aliphatic heterocycles. The Morgan fingerprint density at radius 1 is 0.905 bits per heavy atom. The van der Waals surface area contributed by atoms with Gasteiger partial charge in [0.15, 0.2) is 0 Å². The van der Waals surface area contributed by atoms with Gasteiger partial charge >= 0.3 is 11.9 Å². The quantitative estimate of drug-likeness (QED) is 0.393. The Balaban J connectivity index is 4.05. The van der Waals surface area contributed by atoms with Gasteiger partial charge in [-0.05, 0) is 0 Å². The minimum atomic E-state index is -0.610. The van der Waals surface area contributed by atoms with Gasteiger partial charge in [-0.2, -0.15) is 23.5 Å². The maximum atomic E-state index is 11.0. The molecule has 2 N–H and O–H groups in total. The van der Waals surface area contributed by atoms with Crippen LogP contribution in [0, 0.1) is 5.41 Å². The van der Waals surface area contributed by atoms with Crippen molar-refractivity contribution in [3.05, 3.63) is 0 Å². The Bertz CT molecular complexity index is 281. The van der Waals surface area contributed by atoms with Gasteiger partial charge in [0.2, 0.25) is 0 Å². The summed E-state index contributed by atoms with van der Waals surface area (Å²) in [5.41, 5.74) is -0.610. The van der Waals surface area contributed by atoms with Crippen LogP contribution in [0.4, 0.5) is 0 Å². The molecule has 0 rings (SSSR count). The molecule has 8 heteroatoms. The van der Waals surface area contributed by atoms with Crippen LogP contribution < -0.4 is 0 Å². The lowest BCUT2D eigenvalue weighted by Gasteiger charge is -2.29. The van der Waals surface area contributed by atoms with E-state index in [-0.39, 0.29) is 25.2 Å². The summed E-state index contributed by atoms with van der Waals surface area (Å²) in [7, 11) is 2.69. The van der Waals surface area contributed by atoms with E-state index in [1.54, 1.807) is 0 Å². The van der Waals surface area contributed by atoms with E-state index in [0.717, 1.165) is 0 Å².